The fourth-order valence-electron chi connectivity index (χ4n) is 2.67. The fourth-order valence-corrected chi connectivity index (χ4v) is 2.79. The highest BCUT2D eigenvalue weighted by atomic mass is 35.5. The van der Waals surface area contributed by atoms with Crippen molar-refractivity contribution < 1.29 is 14.7 Å². The summed E-state index contributed by atoms with van der Waals surface area (Å²) in [6.07, 6.45) is 2.64. The molecule has 0 saturated carbocycles. The van der Waals surface area contributed by atoms with Gasteiger partial charge < -0.3 is 10.4 Å². The molecule has 0 aliphatic rings. The van der Waals surface area contributed by atoms with Crippen molar-refractivity contribution in [3.63, 3.8) is 0 Å². The first-order valence-corrected chi connectivity index (χ1v) is 8.61. The van der Waals surface area contributed by atoms with Crippen LogP contribution in [0, 0.1) is 6.92 Å². The Morgan fingerprint density at radius 2 is 1.81 bits per heavy atom. The first-order chi connectivity index (χ1) is 13.0. The van der Waals surface area contributed by atoms with Crippen LogP contribution >= 0.6 is 11.6 Å². The van der Waals surface area contributed by atoms with E-state index in [1.54, 1.807) is 43.6 Å². The van der Waals surface area contributed by atoms with Gasteiger partial charge in [0.15, 0.2) is 0 Å². The predicted octanol–water partition coefficient (Wildman–Crippen LogP) is 4.00. The lowest BCUT2D eigenvalue weighted by Crippen LogP contribution is -2.19. The molecular weight excluding hydrogens is 368 g/mol. The Balaban J connectivity index is 1.79. The van der Waals surface area contributed by atoms with E-state index < -0.39 is 6.09 Å². The van der Waals surface area contributed by atoms with Crippen molar-refractivity contribution in [3.8, 4) is 11.3 Å². The predicted molar refractivity (Wildman–Crippen MR) is 102 cm³/mol. The van der Waals surface area contributed by atoms with E-state index >= 15 is 0 Å². The number of pyridine rings is 1. The summed E-state index contributed by atoms with van der Waals surface area (Å²) < 4.78 is 0.783. The number of halogens is 1. The number of benzene rings is 1. The number of amides is 1. The molecule has 0 radical (unpaired) electrons. The molecule has 1 aromatic carbocycles. The molecule has 2 aromatic heterocycles. The lowest BCUT2D eigenvalue weighted by Gasteiger charge is -2.07. The topological polar surface area (TPSA) is 97.1 Å². The molecule has 2 heterocycles. The van der Waals surface area contributed by atoms with Gasteiger partial charge in [0.25, 0.3) is 0 Å². The van der Waals surface area contributed by atoms with Crippen molar-refractivity contribution in [3.05, 3.63) is 64.9 Å². The summed E-state index contributed by atoms with van der Waals surface area (Å²) in [5, 5.41) is 16.8. The number of carbonyl (C=O) groups is 2. The Labute approximate surface area is 160 Å². The maximum Gasteiger partial charge on any atom is 0.434 e. The maximum atomic E-state index is 12.3. The molecule has 1 amide bonds. The van der Waals surface area contributed by atoms with Crippen LogP contribution in [0.1, 0.15) is 17.5 Å². The Hall–Kier alpha value is -3.19. The summed E-state index contributed by atoms with van der Waals surface area (Å²) in [5.74, 6) is -0.146. The second-order valence-electron chi connectivity index (χ2n) is 5.93. The van der Waals surface area contributed by atoms with Crippen LogP contribution in [0.3, 0.4) is 0 Å². The molecule has 3 aromatic rings. The van der Waals surface area contributed by atoms with Gasteiger partial charge >= 0.3 is 6.09 Å². The van der Waals surface area contributed by atoms with Gasteiger partial charge in [-0.25, -0.2) is 4.79 Å². The molecule has 0 aliphatic heterocycles. The average Bonchev–Trinajstić information content (AvgIpc) is 2.99. The third-order valence-electron chi connectivity index (χ3n) is 4.07. The Kier molecular flexibility index (Phi) is 5.52. The number of nitrogens with zero attached hydrogens (tertiary/aromatic N) is 3. The number of carboxylic acid groups (broad SMARTS) is 1. The smallest absolute Gasteiger partial charge is 0.434 e. The fraction of sp³-hybridized carbons (Fsp3) is 0.158. The molecule has 0 saturated heterocycles. The number of carbonyl (C=O) groups excluding carboxylic acids is 1. The molecule has 0 fully saturated rings. The number of nitrogens with one attached hydrogen (secondary N) is 1. The molecule has 0 spiro atoms. The molecule has 0 unspecified atom stereocenters. The van der Waals surface area contributed by atoms with Crippen molar-refractivity contribution in [2.24, 2.45) is 0 Å². The maximum absolute atomic E-state index is 12.3. The van der Waals surface area contributed by atoms with Crippen molar-refractivity contribution >= 4 is 29.4 Å². The molecular formula is C19H17ClN4O3. The van der Waals surface area contributed by atoms with E-state index in [-0.39, 0.29) is 18.1 Å². The molecule has 2 N–H and O–H groups in total. The number of anilines is 1. The van der Waals surface area contributed by atoms with Gasteiger partial charge in [0.2, 0.25) is 5.91 Å². The Bertz CT molecular complexity index is 969. The standard InChI is InChI=1S/C19H17ClN4O3/c1-12-17(14-8-10-21-11-9-14)23-24(19(26)27)18(12)22-16(25)7-4-13-2-5-15(20)6-3-13/h2-3,5-6,8-11H,4,7H2,1H3,(H,22,25)(H,26,27). The van der Waals surface area contributed by atoms with Crippen molar-refractivity contribution in [2.45, 2.75) is 19.8 Å². The third-order valence-corrected chi connectivity index (χ3v) is 4.32. The van der Waals surface area contributed by atoms with Gasteiger partial charge in [-0.3, -0.25) is 9.78 Å². The average molecular weight is 385 g/mol. The minimum Gasteiger partial charge on any atom is -0.463 e. The summed E-state index contributed by atoms with van der Waals surface area (Å²) in [6.45, 7) is 1.72. The molecule has 8 heteroatoms. The van der Waals surface area contributed by atoms with Crippen LogP contribution in [0.15, 0.2) is 48.8 Å². The normalized spacial score (nSPS) is 10.6. The van der Waals surface area contributed by atoms with Gasteiger partial charge in [-0.2, -0.15) is 5.10 Å². The SMILES string of the molecule is Cc1c(-c2ccncc2)nn(C(=O)O)c1NC(=O)CCc1ccc(Cl)cc1. The van der Waals surface area contributed by atoms with Gasteiger partial charge in [0.1, 0.15) is 5.82 Å². The second kappa shape index (κ2) is 8.01. The third kappa shape index (κ3) is 4.32. The van der Waals surface area contributed by atoms with E-state index in [2.05, 4.69) is 15.4 Å². The second-order valence-corrected chi connectivity index (χ2v) is 6.36. The number of rotatable bonds is 5. The minimum atomic E-state index is -1.27. The summed E-state index contributed by atoms with van der Waals surface area (Å²) in [7, 11) is 0. The monoisotopic (exact) mass is 384 g/mol. The molecule has 0 atom stereocenters. The van der Waals surface area contributed by atoms with Gasteiger partial charge in [0, 0.05) is 35.0 Å². The largest absolute Gasteiger partial charge is 0.463 e. The summed E-state index contributed by atoms with van der Waals surface area (Å²) in [4.78, 5) is 27.8. The van der Waals surface area contributed by atoms with E-state index in [4.69, 9.17) is 11.6 Å². The van der Waals surface area contributed by atoms with Crippen LogP contribution in [0.2, 0.25) is 5.02 Å². The highest BCUT2D eigenvalue weighted by molar-refractivity contribution is 6.30. The van der Waals surface area contributed by atoms with Crippen molar-refractivity contribution in [2.75, 3.05) is 5.32 Å². The van der Waals surface area contributed by atoms with E-state index in [1.165, 1.54) is 0 Å². The first-order valence-electron chi connectivity index (χ1n) is 8.23. The minimum absolute atomic E-state index is 0.149. The molecule has 7 nitrogen and oxygen atoms in total. The zero-order chi connectivity index (χ0) is 19.4. The molecule has 27 heavy (non-hydrogen) atoms. The van der Waals surface area contributed by atoms with E-state index in [1.807, 2.05) is 12.1 Å². The van der Waals surface area contributed by atoms with Crippen LogP contribution in [-0.2, 0) is 11.2 Å². The Morgan fingerprint density at radius 1 is 1.15 bits per heavy atom. The molecule has 138 valence electrons. The first kappa shape index (κ1) is 18.6. The van der Waals surface area contributed by atoms with Crippen molar-refractivity contribution in [1.29, 1.82) is 0 Å². The summed E-state index contributed by atoms with van der Waals surface area (Å²) in [5.41, 5.74) is 2.74. The summed E-state index contributed by atoms with van der Waals surface area (Å²) in [6, 6.07) is 10.7. The van der Waals surface area contributed by atoms with Gasteiger partial charge in [-0.15, -0.1) is 4.68 Å². The molecule has 0 aliphatic carbocycles. The summed E-state index contributed by atoms with van der Waals surface area (Å²) >= 11 is 5.85. The van der Waals surface area contributed by atoms with Crippen molar-refractivity contribution in [1.82, 2.24) is 14.8 Å². The zero-order valence-corrected chi connectivity index (χ0v) is 15.3. The van der Waals surface area contributed by atoms with E-state index in [0.29, 0.717) is 22.7 Å². The van der Waals surface area contributed by atoms with Crippen LogP contribution in [0.5, 0.6) is 0 Å². The van der Waals surface area contributed by atoms with Crippen LogP contribution in [0.4, 0.5) is 10.6 Å². The zero-order valence-electron chi connectivity index (χ0n) is 14.5. The Morgan fingerprint density at radius 3 is 2.44 bits per heavy atom. The highest BCUT2D eigenvalue weighted by Gasteiger charge is 2.21. The van der Waals surface area contributed by atoms with Crippen LogP contribution < -0.4 is 5.32 Å². The van der Waals surface area contributed by atoms with E-state index in [0.717, 1.165) is 15.8 Å². The van der Waals surface area contributed by atoms with Crippen LogP contribution in [0.25, 0.3) is 11.3 Å². The number of aromatic nitrogens is 3. The van der Waals surface area contributed by atoms with Gasteiger partial charge in [0.05, 0.1) is 5.69 Å². The van der Waals surface area contributed by atoms with Gasteiger partial charge in [-0.05, 0) is 43.2 Å². The lowest BCUT2D eigenvalue weighted by atomic mass is 10.1. The molecule has 3 rings (SSSR count). The van der Waals surface area contributed by atoms with Gasteiger partial charge in [-0.1, -0.05) is 23.7 Å². The van der Waals surface area contributed by atoms with E-state index in [9.17, 15) is 14.7 Å². The number of hydrogen-bond acceptors (Lipinski definition) is 4. The highest BCUT2D eigenvalue weighted by Crippen LogP contribution is 2.28. The quantitative estimate of drug-likeness (QED) is 0.692. The number of aryl methyl sites for hydroxylation is 1. The molecule has 0 bridgehead atoms. The lowest BCUT2D eigenvalue weighted by molar-refractivity contribution is -0.116. The van der Waals surface area contributed by atoms with Crippen LogP contribution in [-0.4, -0.2) is 31.9 Å². The number of hydrogen-bond donors (Lipinski definition) is 2.